The van der Waals surface area contributed by atoms with Gasteiger partial charge < -0.3 is 11.6 Å². The zero-order chi connectivity index (χ0) is 16.3. The van der Waals surface area contributed by atoms with Crippen molar-refractivity contribution in [2.24, 2.45) is 0 Å². The van der Waals surface area contributed by atoms with Gasteiger partial charge in [0.15, 0.2) is 0 Å². The topological polar surface area (TPSA) is 0 Å². The first-order chi connectivity index (χ1) is 11.2. The van der Waals surface area contributed by atoms with Gasteiger partial charge in [-0.15, -0.1) is 0 Å². The first kappa shape index (κ1) is 17.8. The van der Waals surface area contributed by atoms with Gasteiger partial charge in [0.05, 0.1) is 5.30 Å². The average molecular weight is 351 g/mol. The second kappa shape index (κ2) is 7.88. The van der Waals surface area contributed by atoms with Crippen molar-refractivity contribution >= 4 is 24.2 Å². The minimum atomic E-state index is -1.39. The Morgan fingerprint density at radius 1 is 0.783 bits per heavy atom. The van der Waals surface area contributed by atoms with Gasteiger partial charge in [-0.25, -0.2) is 0 Å². The third kappa shape index (κ3) is 3.64. The molecule has 1 aromatic rings. The van der Waals surface area contributed by atoms with Gasteiger partial charge in [-0.2, -0.15) is 0 Å². The van der Waals surface area contributed by atoms with Crippen molar-refractivity contribution in [1.82, 2.24) is 0 Å². The van der Waals surface area contributed by atoms with Crippen LogP contribution in [0.15, 0.2) is 18.2 Å². The summed E-state index contributed by atoms with van der Waals surface area (Å²) in [6.45, 7) is 4.50. The van der Waals surface area contributed by atoms with Crippen LogP contribution in [-0.2, 0) is 0 Å². The van der Waals surface area contributed by atoms with E-state index in [9.17, 15) is 0 Å². The summed E-state index contributed by atoms with van der Waals surface area (Å²) in [5.41, 5.74) is 6.73. The number of hydrogen-bond donors (Lipinski definition) is 0. The van der Waals surface area contributed by atoms with Crippen molar-refractivity contribution in [1.29, 1.82) is 0 Å². The van der Waals surface area contributed by atoms with Crippen molar-refractivity contribution in [3.8, 4) is 0 Å². The van der Waals surface area contributed by atoms with Crippen LogP contribution in [0.3, 0.4) is 0 Å². The van der Waals surface area contributed by atoms with Crippen molar-refractivity contribution in [3.63, 3.8) is 0 Å². The van der Waals surface area contributed by atoms with Gasteiger partial charge in [0.1, 0.15) is 0 Å². The minimum Gasteiger partial charge on any atom is -0.304 e. The van der Waals surface area contributed by atoms with Crippen molar-refractivity contribution in [2.45, 2.75) is 89.4 Å². The normalized spacial score (nSPS) is 21.5. The van der Waals surface area contributed by atoms with E-state index >= 15 is 0 Å². The van der Waals surface area contributed by atoms with E-state index in [1.165, 1.54) is 75.3 Å². The molecular weight excluding hydrogens is 319 g/mol. The van der Waals surface area contributed by atoms with Gasteiger partial charge in [0.2, 0.25) is 0 Å². The van der Waals surface area contributed by atoms with E-state index in [4.69, 9.17) is 11.6 Å². The summed E-state index contributed by atoms with van der Waals surface area (Å²) >= 11 is 6.75. The number of aryl methyl sites for hydroxylation is 2. The molecule has 2 aliphatic carbocycles. The highest BCUT2D eigenvalue weighted by molar-refractivity contribution is 7.87. The molecule has 0 aromatic heterocycles. The van der Waals surface area contributed by atoms with Crippen LogP contribution in [0.25, 0.3) is 0 Å². The summed E-state index contributed by atoms with van der Waals surface area (Å²) < 4.78 is 0. The quantitative estimate of drug-likeness (QED) is 0.406. The van der Waals surface area contributed by atoms with E-state index in [1.54, 1.807) is 5.30 Å². The van der Waals surface area contributed by atoms with Crippen LogP contribution in [0.5, 0.6) is 0 Å². The monoisotopic (exact) mass is 350 g/mol. The van der Waals surface area contributed by atoms with E-state index in [1.807, 2.05) is 0 Å². The molecule has 2 aliphatic rings. The molecule has 0 amide bonds. The van der Waals surface area contributed by atoms with Crippen LogP contribution < -0.4 is 5.30 Å². The zero-order valence-corrected chi connectivity index (χ0v) is 16.5. The number of benzene rings is 1. The largest absolute Gasteiger partial charge is 0.304 e. The summed E-state index contributed by atoms with van der Waals surface area (Å²) in [4.78, 5) is 0. The summed E-state index contributed by atoms with van der Waals surface area (Å²) in [6.07, 6.45) is 14.1. The molecule has 0 nitrogen and oxygen atoms in total. The fourth-order valence-corrected chi connectivity index (χ4v) is 11.6. The second-order valence-corrected chi connectivity index (χ2v) is 12.3. The third-order valence-corrected chi connectivity index (χ3v) is 12.1. The van der Waals surface area contributed by atoms with Crippen LogP contribution in [0.1, 0.15) is 75.3 Å². The maximum absolute atomic E-state index is 6.75. The summed E-state index contributed by atoms with van der Waals surface area (Å²) in [5.74, 6) is 0. The predicted octanol–water partition coefficient (Wildman–Crippen LogP) is 6.97. The average Bonchev–Trinajstić information content (AvgIpc) is 2.57. The Bertz CT molecular complexity index is 474. The van der Waals surface area contributed by atoms with Gasteiger partial charge in [-0.05, 0) is 88.5 Å². The zero-order valence-electron chi connectivity index (χ0n) is 14.9. The number of hydrogen-bond acceptors (Lipinski definition) is 0. The molecule has 2 heteroatoms. The first-order valence-corrected chi connectivity index (χ1v) is 12.0. The third-order valence-electron chi connectivity index (χ3n) is 6.17. The Morgan fingerprint density at radius 3 is 1.61 bits per heavy atom. The fourth-order valence-electron chi connectivity index (χ4n) is 5.13. The lowest BCUT2D eigenvalue weighted by atomic mass is 9.99. The summed E-state index contributed by atoms with van der Waals surface area (Å²) in [5, 5.41) is 1.61. The molecule has 0 saturated heterocycles. The molecule has 0 unspecified atom stereocenters. The Morgan fingerprint density at radius 2 is 1.22 bits per heavy atom. The molecule has 0 atom stereocenters. The maximum atomic E-state index is 6.75. The summed E-state index contributed by atoms with van der Waals surface area (Å²) in [7, 11) is -1.39. The molecule has 3 rings (SSSR count). The highest BCUT2D eigenvalue weighted by atomic mass is 35.5. The van der Waals surface area contributed by atoms with Gasteiger partial charge in [0.25, 0.3) is 0 Å². The van der Waals surface area contributed by atoms with Crippen LogP contribution in [0, 0.1) is 19.5 Å². The highest BCUT2D eigenvalue weighted by Gasteiger charge is 2.47. The molecule has 23 heavy (non-hydrogen) atoms. The molecule has 0 N–H and O–H groups in total. The van der Waals surface area contributed by atoms with Crippen LogP contribution >= 0.6 is 18.9 Å². The van der Waals surface area contributed by atoms with Crippen molar-refractivity contribution in [2.75, 3.05) is 0 Å². The second-order valence-electron chi connectivity index (χ2n) is 7.86. The van der Waals surface area contributed by atoms with Crippen LogP contribution in [0.4, 0.5) is 0 Å². The van der Waals surface area contributed by atoms with Crippen molar-refractivity contribution in [3.05, 3.63) is 34.9 Å². The van der Waals surface area contributed by atoms with Gasteiger partial charge in [-0.3, -0.25) is 0 Å². The van der Waals surface area contributed by atoms with E-state index in [0.717, 1.165) is 11.3 Å². The Balaban J connectivity index is 2.06. The van der Waals surface area contributed by atoms with Gasteiger partial charge in [0, 0.05) is 11.3 Å². The van der Waals surface area contributed by atoms with Gasteiger partial charge >= 0.3 is 0 Å². The van der Waals surface area contributed by atoms with E-state index in [0.29, 0.717) is 0 Å². The number of rotatable bonds is 4. The molecule has 0 radical (unpaired) electrons. The SMILES string of the molecule is Cc1cc(C)cc([P+]([CH-]Cl)(C2CCCCC2)C2CCCCC2)c1. The first-order valence-electron chi connectivity index (χ1n) is 9.58. The smallest absolute Gasteiger partial charge is 0.0669 e. The molecule has 128 valence electrons. The van der Waals surface area contributed by atoms with Gasteiger partial charge in [-0.1, -0.05) is 31.8 Å². The molecule has 2 fully saturated rings. The molecule has 1 aromatic carbocycles. The molecular formula is C21H32ClP. The standard InChI is InChI=1S/C21H32ClP/c1-17-13-18(2)15-21(14-17)23(16-22,19-9-5-3-6-10-19)20-11-7-4-8-12-20/h13-16,19-20H,3-12H2,1-2H3. The minimum absolute atomic E-state index is 0.845. The lowest BCUT2D eigenvalue weighted by Gasteiger charge is -2.48. The lowest BCUT2D eigenvalue weighted by molar-refractivity contribution is 0.483. The molecule has 0 bridgehead atoms. The highest BCUT2D eigenvalue weighted by Crippen LogP contribution is 2.74. The van der Waals surface area contributed by atoms with Crippen LogP contribution in [0.2, 0.25) is 0 Å². The van der Waals surface area contributed by atoms with Crippen molar-refractivity contribution < 1.29 is 0 Å². The van der Waals surface area contributed by atoms with E-state index < -0.39 is 7.26 Å². The Labute approximate surface area is 148 Å². The lowest BCUT2D eigenvalue weighted by Crippen LogP contribution is -2.34. The fraction of sp³-hybridized carbons (Fsp3) is 0.667. The molecule has 2 saturated carbocycles. The molecule has 0 spiro atoms. The Kier molecular flexibility index (Phi) is 6.08. The Hall–Kier alpha value is -0.0600. The molecule has 0 aliphatic heterocycles. The summed E-state index contributed by atoms with van der Waals surface area (Å²) in [6, 6.07) is 7.26. The maximum Gasteiger partial charge on any atom is 0.0669 e. The van der Waals surface area contributed by atoms with E-state index in [-0.39, 0.29) is 0 Å². The van der Waals surface area contributed by atoms with E-state index in [2.05, 4.69) is 37.7 Å². The van der Waals surface area contributed by atoms with Crippen LogP contribution in [-0.4, -0.2) is 11.3 Å². The molecule has 0 heterocycles. The predicted molar refractivity (Wildman–Crippen MR) is 106 cm³/mol. The number of halogens is 1.